The first-order valence-electron chi connectivity index (χ1n) is 8.11. The monoisotopic (exact) mass is 330 g/mol. The van der Waals surface area contributed by atoms with Gasteiger partial charge < -0.3 is 32.7 Å². The molecule has 0 atom stereocenters. The molecule has 2 rings (SSSR count). The summed E-state index contributed by atoms with van der Waals surface area (Å²) >= 11 is 0. The van der Waals surface area contributed by atoms with Gasteiger partial charge in [-0.25, -0.2) is 9.97 Å². The van der Waals surface area contributed by atoms with Crippen LogP contribution in [0.5, 0.6) is 0 Å². The molecule has 0 radical (unpaired) electrons. The van der Waals surface area contributed by atoms with Gasteiger partial charge in [-0.1, -0.05) is 12.1 Å². The van der Waals surface area contributed by atoms with Gasteiger partial charge in [0.05, 0.1) is 0 Å². The van der Waals surface area contributed by atoms with Crippen molar-refractivity contribution in [2.75, 3.05) is 60.5 Å². The maximum absolute atomic E-state index is 5.47. The zero-order chi connectivity index (χ0) is 17.0. The number of aromatic nitrogens is 2. The number of pyridine rings is 2. The van der Waals surface area contributed by atoms with Crippen LogP contribution in [0.15, 0.2) is 36.4 Å². The SMILES string of the molecule is NCCNc1cccc(NCCNc2cccc(NCCN)n2)n1. The lowest BCUT2D eigenvalue weighted by Crippen LogP contribution is -2.17. The van der Waals surface area contributed by atoms with Crippen LogP contribution in [0, 0.1) is 0 Å². The number of hydrogen-bond acceptors (Lipinski definition) is 8. The fraction of sp³-hybridized carbons (Fsp3) is 0.375. The highest BCUT2D eigenvalue weighted by atomic mass is 15.1. The van der Waals surface area contributed by atoms with Crippen LogP contribution in [-0.4, -0.2) is 49.2 Å². The van der Waals surface area contributed by atoms with Crippen molar-refractivity contribution in [3.05, 3.63) is 36.4 Å². The molecule has 2 aromatic rings. The number of anilines is 4. The molecule has 8 N–H and O–H groups in total. The van der Waals surface area contributed by atoms with Crippen molar-refractivity contribution in [3.63, 3.8) is 0 Å². The van der Waals surface area contributed by atoms with Crippen molar-refractivity contribution in [1.82, 2.24) is 9.97 Å². The van der Waals surface area contributed by atoms with Gasteiger partial charge >= 0.3 is 0 Å². The molecule has 0 aliphatic carbocycles. The molecule has 0 aliphatic rings. The molecule has 130 valence electrons. The van der Waals surface area contributed by atoms with E-state index >= 15 is 0 Å². The van der Waals surface area contributed by atoms with Crippen molar-refractivity contribution in [2.45, 2.75) is 0 Å². The minimum Gasteiger partial charge on any atom is -0.369 e. The minimum absolute atomic E-state index is 0.579. The van der Waals surface area contributed by atoms with Gasteiger partial charge in [0.2, 0.25) is 0 Å². The zero-order valence-corrected chi connectivity index (χ0v) is 13.8. The van der Waals surface area contributed by atoms with E-state index in [0.717, 1.165) is 36.4 Å². The van der Waals surface area contributed by atoms with Crippen LogP contribution in [0.1, 0.15) is 0 Å². The van der Waals surface area contributed by atoms with E-state index in [9.17, 15) is 0 Å². The number of nitrogens with two attached hydrogens (primary N) is 2. The van der Waals surface area contributed by atoms with E-state index in [1.165, 1.54) is 0 Å². The minimum atomic E-state index is 0.579. The van der Waals surface area contributed by atoms with E-state index in [0.29, 0.717) is 26.2 Å². The molecule has 8 nitrogen and oxygen atoms in total. The van der Waals surface area contributed by atoms with E-state index < -0.39 is 0 Å². The Hall–Kier alpha value is -2.58. The van der Waals surface area contributed by atoms with Gasteiger partial charge in [-0.3, -0.25) is 0 Å². The number of nitrogens with zero attached hydrogens (tertiary/aromatic N) is 2. The maximum atomic E-state index is 5.47. The molecule has 0 aromatic carbocycles. The third kappa shape index (κ3) is 6.27. The maximum Gasteiger partial charge on any atom is 0.128 e. The number of rotatable bonds is 11. The quantitative estimate of drug-likeness (QED) is 0.333. The highest BCUT2D eigenvalue weighted by Crippen LogP contribution is 2.10. The third-order valence-electron chi connectivity index (χ3n) is 3.14. The standard InChI is InChI=1S/C16H26N8/c17-7-9-19-13-3-1-5-15(23-13)21-11-12-22-16-6-2-4-14(24-16)20-10-8-18/h1-6H,7-12,17-18H2,(H2,19,21,23)(H2,20,22,24). The molecule has 0 saturated carbocycles. The van der Waals surface area contributed by atoms with Gasteiger partial charge in [-0.05, 0) is 24.3 Å². The van der Waals surface area contributed by atoms with Crippen LogP contribution in [0.4, 0.5) is 23.3 Å². The number of nitrogens with one attached hydrogen (secondary N) is 4. The predicted molar refractivity (Wildman–Crippen MR) is 101 cm³/mol. The summed E-state index contributed by atoms with van der Waals surface area (Å²) in [6.45, 7) is 4.03. The van der Waals surface area contributed by atoms with E-state index in [1.54, 1.807) is 0 Å². The Labute approximate surface area is 142 Å². The van der Waals surface area contributed by atoms with Crippen molar-refractivity contribution in [1.29, 1.82) is 0 Å². The zero-order valence-electron chi connectivity index (χ0n) is 13.8. The summed E-state index contributed by atoms with van der Waals surface area (Å²) in [5.74, 6) is 3.28. The molecule has 8 heteroatoms. The van der Waals surface area contributed by atoms with Crippen LogP contribution in [0.3, 0.4) is 0 Å². The molecule has 0 spiro atoms. The molecule has 24 heavy (non-hydrogen) atoms. The average Bonchev–Trinajstić information content (AvgIpc) is 2.62. The Morgan fingerprint density at radius 2 is 0.917 bits per heavy atom. The Bertz CT molecular complexity index is 551. The molecule has 2 aromatic heterocycles. The first-order valence-corrected chi connectivity index (χ1v) is 8.11. The topological polar surface area (TPSA) is 126 Å². The molecule has 0 fully saturated rings. The highest BCUT2D eigenvalue weighted by molar-refractivity contribution is 5.46. The van der Waals surface area contributed by atoms with Crippen molar-refractivity contribution >= 4 is 23.3 Å². The lowest BCUT2D eigenvalue weighted by Gasteiger charge is -2.10. The summed E-state index contributed by atoms with van der Waals surface area (Å²) in [5, 5.41) is 12.9. The van der Waals surface area contributed by atoms with Crippen molar-refractivity contribution in [2.24, 2.45) is 11.5 Å². The van der Waals surface area contributed by atoms with Crippen LogP contribution < -0.4 is 32.7 Å². The first-order chi connectivity index (χ1) is 11.8. The van der Waals surface area contributed by atoms with E-state index in [4.69, 9.17) is 11.5 Å². The van der Waals surface area contributed by atoms with Gasteiger partial charge in [0.1, 0.15) is 23.3 Å². The summed E-state index contributed by atoms with van der Waals surface area (Å²) in [6, 6.07) is 11.6. The third-order valence-corrected chi connectivity index (χ3v) is 3.14. The second kappa shape index (κ2) is 10.2. The van der Waals surface area contributed by atoms with Crippen LogP contribution >= 0.6 is 0 Å². The normalized spacial score (nSPS) is 10.2. The highest BCUT2D eigenvalue weighted by Gasteiger charge is 1.98. The average molecular weight is 330 g/mol. The van der Waals surface area contributed by atoms with E-state index in [1.807, 2.05) is 36.4 Å². The summed E-state index contributed by atoms with van der Waals surface area (Å²) in [5.41, 5.74) is 10.9. The Kier molecular flexibility index (Phi) is 7.58. The van der Waals surface area contributed by atoms with E-state index in [-0.39, 0.29) is 0 Å². The van der Waals surface area contributed by atoms with Gasteiger partial charge in [0, 0.05) is 39.3 Å². The smallest absolute Gasteiger partial charge is 0.128 e. The van der Waals surface area contributed by atoms with Crippen LogP contribution in [-0.2, 0) is 0 Å². The molecule has 0 bridgehead atoms. The summed E-state index contributed by atoms with van der Waals surface area (Å²) in [6.07, 6.45) is 0. The molecule has 0 saturated heterocycles. The fourth-order valence-corrected chi connectivity index (χ4v) is 2.04. The Morgan fingerprint density at radius 3 is 1.25 bits per heavy atom. The van der Waals surface area contributed by atoms with Crippen molar-refractivity contribution < 1.29 is 0 Å². The lowest BCUT2D eigenvalue weighted by atomic mass is 10.4. The summed E-state index contributed by atoms with van der Waals surface area (Å²) in [7, 11) is 0. The molecule has 0 unspecified atom stereocenters. The second-order valence-electron chi connectivity index (χ2n) is 5.10. The van der Waals surface area contributed by atoms with E-state index in [2.05, 4.69) is 31.2 Å². The van der Waals surface area contributed by atoms with Crippen LogP contribution in [0.2, 0.25) is 0 Å². The largest absolute Gasteiger partial charge is 0.369 e. The van der Waals surface area contributed by atoms with Gasteiger partial charge in [0.15, 0.2) is 0 Å². The second-order valence-corrected chi connectivity index (χ2v) is 5.10. The first kappa shape index (κ1) is 17.8. The summed E-state index contributed by atoms with van der Waals surface area (Å²) < 4.78 is 0. The Balaban J connectivity index is 1.74. The molecular formula is C16H26N8. The number of hydrogen-bond donors (Lipinski definition) is 6. The van der Waals surface area contributed by atoms with Gasteiger partial charge in [-0.2, -0.15) is 0 Å². The Morgan fingerprint density at radius 1 is 0.583 bits per heavy atom. The predicted octanol–water partition coefficient (Wildman–Crippen LogP) is 0.742. The molecule has 2 heterocycles. The van der Waals surface area contributed by atoms with Gasteiger partial charge in [-0.15, -0.1) is 0 Å². The fourth-order valence-electron chi connectivity index (χ4n) is 2.04. The van der Waals surface area contributed by atoms with Crippen LogP contribution in [0.25, 0.3) is 0 Å². The lowest BCUT2D eigenvalue weighted by molar-refractivity contribution is 1.00. The molecule has 0 amide bonds. The summed E-state index contributed by atoms with van der Waals surface area (Å²) in [4.78, 5) is 8.92. The molecule has 0 aliphatic heterocycles. The molecular weight excluding hydrogens is 304 g/mol. The van der Waals surface area contributed by atoms with Gasteiger partial charge in [0.25, 0.3) is 0 Å². The van der Waals surface area contributed by atoms with Crippen molar-refractivity contribution in [3.8, 4) is 0 Å².